The van der Waals surface area contributed by atoms with E-state index in [-0.39, 0.29) is 11.4 Å². The van der Waals surface area contributed by atoms with E-state index in [0.29, 0.717) is 5.56 Å². The molecule has 1 fully saturated rings. The van der Waals surface area contributed by atoms with E-state index in [9.17, 15) is 15.2 Å². The van der Waals surface area contributed by atoms with Crippen molar-refractivity contribution in [3.8, 4) is 18.1 Å². The molecule has 0 bridgehead atoms. The third-order valence-corrected chi connectivity index (χ3v) is 2.72. The van der Waals surface area contributed by atoms with Crippen LogP contribution in [0.2, 0.25) is 0 Å². The summed E-state index contributed by atoms with van der Waals surface area (Å²) in [6.45, 7) is 0. The fourth-order valence-corrected chi connectivity index (χ4v) is 1.68. The number of rotatable bonds is 2. The first-order chi connectivity index (χ1) is 7.09. The van der Waals surface area contributed by atoms with Crippen LogP contribution < -0.4 is 0 Å². The summed E-state index contributed by atoms with van der Waals surface area (Å²) in [6, 6.07) is 3.99. The molecule has 0 radical (unpaired) electrons. The van der Waals surface area contributed by atoms with Gasteiger partial charge in [0.2, 0.25) is 0 Å². The van der Waals surface area contributed by atoms with Crippen LogP contribution in [0, 0.1) is 22.5 Å². The van der Waals surface area contributed by atoms with Gasteiger partial charge < -0.3 is 5.11 Å². The van der Waals surface area contributed by atoms with E-state index in [0.717, 1.165) is 12.8 Å². The van der Waals surface area contributed by atoms with Crippen LogP contribution in [0.5, 0.6) is 5.75 Å². The van der Waals surface area contributed by atoms with Gasteiger partial charge in [-0.3, -0.25) is 10.1 Å². The third-order valence-electron chi connectivity index (χ3n) is 2.72. The highest BCUT2D eigenvalue weighted by molar-refractivity contribution is 5.55. The van der Waals surface area contributed by atoms with Gasteiger partial charge in [-0.15, -0.1) is 6.42 Å². The van der Waals surface area contributed by atoms with Gasteiger partial charge in [0.25, 0.3) is 5.69 Å². The number of hydrogen-bond acceptors (Lipinski definition) is 3. The van der Waals surface area contributed by atoms with Gasteiger partial charge in [-0.05, 0) is 25.0 Å². The van der Waals surface area contributed by atoms with Crippen molar-refractivity contribution in [3.05, 3.63) is 33.9 Å². The maximum Gasteiger partial charge on any atom is 0.274 e. The highest BCUT2D eigenvalue weighted by Gasteiger charge is 2.46. The number of benzene rings is 1. The molecule has 0 heterocycles. The molecular weight excluding hydrogens is 194 g/mol. The van der Waals surface area contributed by atoms with E-state index < -0.39 is 10.3 Å². The third kappa shape index (κ3) is 1.42. The molecule has 4 nitrogen and oxygen atoms in total. The Kier molecular flexibility index (Phi) is 1.90. The SMILES string of the molecule is C#CC1(c2cc(O)ccc2[N+](=O)[O-])CC1. The Labute approximate surface area is 86.7 Å². The highest BCUT2D eigenvalue weighted by Crippen LogP contribution is 2.51. The molecule has 0 aliphatic heterocycles. The second-order valence-electron chi connectivity index (χ2n) is 3.69. The molecule has 1 N–H and O–H groups in total. The van der Waals surface area contributed by atoms with Gasteiger partial charge >= 0.3 is 0 Å². The Hall–Kier alpha value is -2.02. The summed E-state index contributed by atoms with van der Waals surface area (Å²) in [5, 5.41) is 20.1. The van der Waals surface area contributed by atoms with Crippen molar-refractivity contribution in [2.24, 2.45) is 0 Å². The fourth-order valence-electron chi connectivity index (χ4n) is 1.68. The van der Waals surface area contributed by atoms with Crippen LogP contribution in [-0.4, -0.2) is 10.0 Å². The largest absolute Gasteiger partial charge is 0.508 e. The number of hydrogen-bond donors (Lipinski definition) is 1. The van der Waals surface area contributed by atoms with Crippen LogP contribution in [0.3, 0.4) is 0 Å². The predicted octanol–water partition coefficient (Wildman–Crippen LogP) is 1.97. The Morgan fingerprint density at radius 1 is 1.53 bits per heavy atom. The number of nitrogens with zero attached hydrogens (tertiary/aromatic N) is 1. The Morgan fingerprint density at radius 2 is 2.20 bits per heavy atom. The lowest BCUT2D eigenvalue weighted by Crippen LogP contribution is -2.06. The number of nitro groups is 1. The maximum absolute atomic E-state index is 10.8. The van der Waals surface area contributed by atoms with Gasteiger partial charge in [0.05, 0.1) is 15.9 Å². The average molecular weight is 203 g/mol. The smallest absolute Gasteiger partial charge is 0.274 e. The van der Waals surface area contributed by atoms with Crippen molar-refractivity contribution in [1.29, 1.82) is 0 Å². The number of terminal acetylenes is 1. The van der Waals surface area contributed by atoms with Crippen molar-refractivity contribution in [2.45, 2.75) is 18.3 Å². The van der Waals surface area contributed by atoms with Crippen LogP contribution in [0.25, 0.3) is 0 Å². The fraction of sp³-hybridized carbons (Fsp3) is 0.273. The lowest BCUT2D eigenvalue weighted by molar-refractivity contribution is -0.385. The monoisotopic (exact) mass is 203 g/mol. The van der Waals surface area contributed by atoms with Crippen molar-refractivity contribution in [1.82, 2.24) is 0 Å². The predicted molar refractivity (Wildman–Crippen MR) is 54.5 cm³/mol. The second kappa shape index (κ2) is 2.99. The van der Waals surface area contributed by atoms with Gasteiger partial charge in [-0.25, -0.2) is 0 Å². The molecule has 1 aliphatic rings. The van der Waals surface area contributed by atoms with Crippen LogP contribution in [0.4, 0.5) is 5.69 Å². The van der Waals surface area contributed by atoms with Gasteiger partial charge in [-0.2, -0.15) is 0 Å². The van der Waals surface area contributed by atoms with Crippen molar-refractivity contribution in [2.75, 3.05) is 0 Å². The molecule has 1 aromatic carbocycles. The Balaban J connectivity index is 2.59. The molecule has 0 amide bonds. The zero-order valence-corrected chi connectivity index (χ0v) is 7.93. The molecule has 0 unspecified atom stereocenters. The van der Waals surface area contributed by atoms with E-state index in [1.807, 2.05) is 0 Å². The van der Waals surface area contributed by atoms with E-state index in [2.05, 4.69) is 5.92 Å². The van der Waals surface area contributed by atoms with Crippen LogP contribution in [0.15, 0.2) is 18.2 Å². The Bertz CT molecular complexity index is 469. The molecule has 0 spiro atoms. The Morgan fingerprint density at radius 3 is 2.67 bits per heavy atom. The first kappa shape index (κ1) is 9.53. The molecule has 2 rings (SSSR count). The standard InChI is InChI=1S/C11H9NO3/c1-2-11(5-6-11)9-7-8(13)3-4-10(9)12(14)15/h1,3-4,7,13H,5-6H2. The molecule has 1 aromatic rings. The molecule has 4 heteroatoms. The minimum Gasteiger partial charge on any atom is -0.508 e. The number of phenols is 1. The maximum atomic E-state index is 10.8. The average Bonchev–Trinajstić information content (AvgIpc) is 2.97. The van der Waals surface area contributed by atoms with Crippen molar-refractivity contribution in [3.63, 3.8) is 0 Å². The summed E-state index contributed by atoms with van der Waals surface area (Å²) in [4.78, 5) is 10.3. The minimum absolute atomic E-state index is 0.0109. The summed E-state index contributed by atoms with van der Waals surface area (Å²) in [5.41, 5.74) is -0.0838. The molecule has 0 aromatic heterocycles. The first-order valence-corrected chi connectivity index (χ1v) is 4.55. The highest BCUT2D eigenvalue weighted by atomic mass is 16.6. The molecule has 76 valence electrons. The zero-order chi connectivity index (χ0) is 11.1. The van der Waals surface area contributed by atoms with Crippen LogP contribution in [-0.2, 0) is 5.41 Å². The summed E-state index contributed by atoms with van der Waals surface area (Å²) in [7, 11) is 0. The van der Waals surface area contributed by atoms with Gasteiger partial charge in [-0.1, -0.05) is 5.92 Å². The number of nitro benzene ring substituents is 1. The lowest BCUT2D eigenvalue weighted by atomic mass is 9.95. The van der Waals surface area contributed by atoms with E-state index >= 15 is 0 Å². The molecular formula is C11H9NO3. The number of aromatic hydroxyl groups is 1. The number of phenolic OH excluding ortho intramolecular Hbond substituents is 1. The summed E-state index contributed by atoms with van der Waals surface area (Å²) in [5.74, 6) is 2.59. The normalized spacial score (nSPS) is 16.7. The first-order valence-electron chi connectivity index (χ1n) is 4.55. The van der Waals surface area contributed by atoms with Gasteiger partial charge in [0.15, 0.2) is 0 Å². The molecule has 0 atom stereocenters. The lowest BCUT2D eigenvalue weighted by Gasteiger charge is -2.08. The van der Waals surface area contributed by atoms with Crippen molar-refractivity contribution >= 4 is 5.69 Å². The summed E-state index contributed by atoms with van der Waals surface area (Å²) in [6.07, 6.45) is 6.85. The van der Waals surface area contributed by atoms with E-state index in [1.54, 1.807) is 0 Å². The minimum atomic E-state index is -0.527. The summed E-state index contributed by atoms with van der Waals surface area (Å²) >= 11 is 0. The quantitative estimate of drug-likeness (QED) is 0.454. The van der Waals surface area contributed by atoms with Crippen molar-refractivity contribution < 1.29 is 10.0 Å². The molecule has 0 saturated heterocycles. The van der Waals surface area contributed by atoms with Gasteiger partial charge in [0, 0.05) is 6.07 Å². The zero-order valence-electron chi connectivity index (χ0n) is 7.93. The molecule has 1 aliphatic carbocycles. The second-order valence-corrected chi connectivity index (χ2v) is 3.69. The molecule has 15 heavy (non-hydrogen) atoms. The van der Waals surface area contributed by atoms with Crippen LogP contribution >= 0.6 is 0 Å². The summed E-state index contributed by atoms with van der Waals surface area (Å²) < 4.78 is 0. The topological polar surface area (TPSA) is 63.4 Å². The van der Waals surface area contributed by atoms with Gasteiger partial charge in [0.1, 0.15) is 5.75 Å². The van der Waals surface area contributed by atoms with Crippen LogP contribution in [0.1, 0.15) is 18.4 Å². The molecule has 1 saturated carbocycles. The van der Waals surface area contributed by atoms with E-state index in [4.69, 9.17) is 6.42 Å². The van der Waals surface area contributed by atoms with E-state index in [1.165, 1.54) is 18.2 Å².